The maximum Gasteiger partial charge on any atom is 0.141 e. The molecule has 116 valence electrons. The summed E-state index contributed by atoms with van der Waals surface area (Å²) in [7, 11) is 0. The lowest BCUT2D eigenvalue weighted by atomic mass is 10.3. The Morgan fingerprint density at radius 3 is 2.41 bits per heavy atom. The third-order valence-electron chi connectivity index (χ3n) is 3.01. The lowest BCUT2D eigenvalue weighted by Crippen LogP contribution is -2.42. The highest BCUT2D eigenvalue weighted by Gasteiger charge is 2.08. The van der Waals surface area contributed by atoms with Crippen LogP contribution in [0.3, 0.4) is 0 Å². The van der Waals surface area contributed by atoms with Crippen LogP contribution in [0.2, 0.25) is 0 Å². The molecular formula is C17H18NO3S-. The van der Waals surface area contributed by atoms with Gasteiger partial charge in [0, 0.05) is 22.9 Å². The van der Waals surface area contributed by atoms with Gasteiger partial charge in [-0.25, -0.2) is 0 Å². The Balaban J connectivity index is 1.96. The summed E-state index contributed by atoms with van der Waals surface area (Å²) in [5.41, 5.74) is 0.595. The van der Waals surface area contributed by atoms with E-state index < -0.39 is 6.09 Å². The number of amides is 1. The van der Waals surface area contributed by atoms with Crippen molar-refractivity contribution in [1.82, 2.24) is 0 Å². The molecule has 0 aromatic heterocycles. The number of carbonyl (C=O) groups excluding carboxylic acids is 1. The SMILES string of the molecule is CCOc1ccc(N(CCSc2ccccc2)C(=O)[O-])cc1. The minimum Gasteiger partial charge on any atom is -0.530 e. The zero-order valence-corrected chi connectivity index (χ0v) is 13.2. The molecule has 5 heteroatoms. The topological polar surface area (TPSA) is 52.6 Å². The maximum absolute atomic E-state index is 11.3. The van der Waals surface area contributed by atoms with Gasteiger partial charge in [-0.2, -0.15) is 0 Å². The quantitative estimate of drug-likeness (QED) is 0.737. The molecular weight excluding hydrogens is 298 g/mol. The van der Waals surface area contributed by atoms with Crippen LogP contribution in [0.1, 0.15) is 6.92 Å². The molecule has 0 unspecified atom stereocenters. The van der Waals surface area contributed by atoms with Crippen molar-refractivity contribution in [2.24, 2.45) is 0 Å². The van der Waals surface area contributed by atoms with Gasteiger partial charge >= 0.3 is 0 Å². The number of nitrogens with zero attached hydrogens (tertiary/aromatic N) is 1. The van der Waals surface area contributed by atoms with E-state index in [9.17, 15) is 9.90 Å². The fourth-order valence-electron chi connectivity index (χ4n) is 1.99. The molecule has 0 fully saturated rings. The third-order valence-corrected chi connectivity index (χ3v) is 4.00. The molecule has 1 amide bonds. The van der Waals surface area contributed by atoms with Crippen molar-refractivity contribution in [3.63, 3.8) is 0 Å². The summed E-state index contributed by atoms with van der Waals surface area (Å²) < 4.78 is 5.35. The van der Waals surface area contributed by atoms with Crippen LogP contribution in [0, 0.1) is 0 Å². The summed E-state index contributed by atoms with van der Waals surface area (Å²) in [6.07, 6.45) is -1.20. The van der Waals surface area contributed by atoms with Crippen LogP contribution in [-0.4, -0.2) is 25.0 Å². The van der Waals surface area contributed by atoms with Gasteiger partial charge in [0.1, 0.15) is 11.8 Å². The van der Waals surface area contributed by atoms with E-state index in [0.717, 1.165) is 10.6 Å². The molecule has 0 aliphatic rings. The van der Waals surface area contributed by atoms with E-state index in [1.165, 1.54) is 4.90 Å². The summed E-state index contributed by atoms with van der Waals surface area (Å²) >= 11 is 1.61. The first-order valence-corrected chi connectivity index (χ1v) is 8.08. The van der Waals surface area contributed by atoms with E-state index in [2.05, 4.69) is 0 Å². The van der Waals surface area contributed by atoms with Gasteiger partial charge in [-0.3, -0.25) is 0 Å². The molecule has 22 heavy (non-hydrogen) atoms. The number of hydrogen-bond donors (Lipinski definition) is 0. The maximum atomic E-state index is 11.3. The molecule has 2 aromatic carbocycles. The summed E-state index contributed by atoms with van der Waals surface area (Å²) in [4.78, 5) is 13.7. The smallest absolute Gasteiger partial charge is 0.141 e. The lowest BCUT2D eigenvalue weighted by Gasteiger charge is -2.25. The van der Waals surface area contributed by atoms with E-state index in [1.807, 2.05) is 37.3 Å². The molecule has 0 atom stereocenters. The molecule has 0 spiro atoms. The van der Waals surface area contributed by atoms with Gasteiger partial charge in [-0.15, -0.1) is 11.8 Å². The largest absolute Gasteiger partial charge is 0.530 e. The molecule has 0 saturated carbocycles. The molecule has 0 aliphatic heterocycles. The average molecular weight is 316 g/mol. The lowest BCUT2D eigenvalue weighted by molar-refractivity contribution is -0.246. The summed E-state index contributed by atoms with van der Waals surface area (Å²) in [6.45, 7) is 2.86. The van der Waals surface area contributed by atoms with Crippen molar-refractivity contribution in [3.05, 3.63) is 54.6 Å². The van der Waals surface area contributed by atoms with Gasteiger partial charge in [-0.05, 0) is 43.3 Å². The fourth-order valence-corrected chi connectivity index (χ4v) is 2.85. The van der Waals surface area contributed by atoms with Crippen molar-refractivity contribution >= 4 is 23.5 Å². The second kappa shape index (κ2) is 8.34. The number of anilines is 1. The molecule has 0 radical (unpaired) electrons. The summed E-state index contributed by atoms with van der Waals surface area (Å²) in [5, 5.41) is 11.3. The number of carboxylic acid groups (broad SMARTS) is 1. The number of hydrogen-bond acceptors (Lipinski definition) is 4. The average Bonchev–Trinajstić information content (AvgIpc) is 2.54. The second-order valence-electron chi connectivity index (χ2n) is 4.51. The third kappa shape index (κ3) is 4.70. The molecule has 4 nitrogen and oxygen atoms in total. The van der Waals surface area contributed by atoms with Crippen LogP contribution in [0.5, 0.6) is 5.75 Å². The first kappa shape index (κ1) is 16.2. The summed E-state index contributed by atoms with van der Waals surface area (Å²) in [6, 6.07) is 16.9. The first-order valence-electron chi connectivity index (χ1n) is 7.10. The normalized spacial score (nSPS) is 10.2. The minimum absolute atomic E-state index is 0.371. The molecule has 0 saturated heterocycles. The molecule has 0 heterocycles. The predicted octanol–water partition coefficient (Wildman–Crippen LogP) is 3.03. The van der Waals surface area contributed by atoms with Crippen LogP contribution in [-0.2, 0) is 0 Å². The number of carbonyl (C=O) groups is 1. The number of thioether (sulfide) groups is 1. The molecule has 2 aromatic rings. The first-order chi connectivity index (χ1) is 10.7. The van der Waals surface area contributed by atoms with Crippen LogP contribution >= 0.6 is 11.8 Å². The molecule has 0 bridgehead atoms. The molecule has 2 rings (SSSR count). The Hall–Kier alpha value is -2.14. The Labute approximate surface area is 134 Å². The van der Waals surface area contributed by atoms with Crippen LogP contribution < -0.4 is 14.7 Å². The standard InChI is InChI=1S/C17H19NO3S/c1-2-21-15-10-8-14(9-11-15)18(17(19)20)12-13-22-16-6-4-3-5-7-16/h3-11H,2,12-13H2,1H3,(H,19,20)/p-1. The van der Waals surface area contributed by atoms with Crippen LogP contribution in [0.25, 0.3) is 0 Å². The Kier molecular flexibility index (Phi) is 6.15. The number of ether oxygens (including phenoxy) is 1. The van der Waals surface area contributed by atoms with E-state index in [4.69, 9.17) is 4.74 Å². The number of benzene rings is 2. The van der Waals surface area contributed by atoms with Gasteiger partial charge in [0.25, 0.3) is 0 Å². The monoisotopic (exact) mass is 316 g/mol. The molecule has 0 aliphatic carbocycles. The van der Waals surface area contributed by atoms with E-state index in [-0.39, 0.29) is 0 Å². The van der Waals surface area contributed by atoms with Crippen LogP contribution in [0.4, 0.5) is 10.5 Å². The highest BCUT2D eigenvalue weighted by atomic mass is 32.2. The number of rotatable bonds is 7. The van der Waals surface area contributed by atoms with Gasteiger partial charge < -0.3 is 19.5 Å². The Bertz CT molecular complexity index is 587. The van der Waals surface area contributed by atoms with Crippen molar-refractivity contribution in [2.75, 3.05) is 23.8 Å². The summed E-state index contributed by atoms with van der Waals surface area (Å²) in [5.74, 6) is 1.38. The zero-order valence-electron chi connectivity index (χ0n) is 12.4. The van der Waals surface area contributed by atoms with Gasteiger partial charge in [0.15, 0.2) is 0 Å². The van der Waals surface area contributed by atoms with Gasteiger partial charge in [0.2, 0.25) is 0 Å². The highest BCUT2D eigenvalue weighted by Crippen LogP contribution is 2.21. The molecule has 0 N–H and O–H groups in total. The van der Waals surface area contributed by atoms with Crippen molar-refractivity contribution < 1.29 is 14.6 Å². The minimum atomic E-state index is -1.20. The van der Waals surface area contributed by atoms with Crippen molar-refractivity contribution in [2.45, 2.75) is 11.8 Å². The predicted molar refractivity (Wildman–Crippen MR) is 87.5 cm³/mol. The Morgan fingerprint density at radius 1 is 1.14 bits per heavy atom. The van der Waals surface area contributed by atoms with Crippen molar-refractivity contribution in [3.8, 4) is 5.75 Å². The van der Waals surface area contributed by atoms with Gasteiger partial charge in [0.05, 0.1) is 6.61 Å². The van der Waals surface area contributed by atoms with E-state index in [0.29, 0.717) is 24.6 Å². The van der Waals surface area contributed by atoms with Crippen LogP contribution in [0.15, 0.2) is 59.5 Å². The highest BCUT2D eigenvalue weighted by molar-refractivity contribution is 7.99. The Morgan fingerprint density at radius 2 is 1.82 bits per heavy atom. The van der Waals surface area contributed by atoms with E-state index >= 15 is 0 Å². The van der Waals surface area contributed by atoms with Crippen molar-refractivity contribution in [1.29, 1.82) is 0 Å². The van der Waals surface area contributed by atoms with Gasteiger partial charge in [-0.1, -0.05) is 18.2 Å². The fraction of sp³-hybridized carbons (Fsp3) is 0.235. The second-order valence-corrected chi connectivity index (χ2v) is 5.67. The zero-order chi connectivity index (χ0) is 15.8. The van der Waals surface area contributed by atoms with E-state index in [1.54, 1.807) is 36.0 Å².